The van der Waals surface area contributed by atoms with E-state index in [9.17, 15) is 14.0 Å². The zero-order valence-corrected chi connectivity index (χ0v) is 15.3. The van der Waals surface area contributed by atoms with E-state index in [0.29, 0.717) is 25.3 Å². The van der Waals surface area contributed by atoms with Gasteiger partial charge in [0, 0.05) is 20.6 Å². The van der Waals surface area contributed by atoms with Gasteiger partial charge in [-0.3, -0.25) is 9.48 Å². The lowest BCUT2D eigenvalue weighted by atomic mass is 10.2. The molecule has 0 bridgehead atoms. The van der Waals surface area contributed by atoms with Crippen molar-refractivity contribution in [3.63, 3.8) is 0 Å². The van der Waals surface area contributed by atoms with E-state index in [4.69, 9.17) is 11.6 Å². The summed E-state index contributed by atoms with van der Waals surface area (Å²) in [5, 5.41) is 7.24. The predicted octanol–water partition coefficient (Wildman–Crippen LogP) is 2.10. The molecule has 7 nitrogen and oxygen atoms in total. The minimum atomic E-state index is -0.495. The van der Waals surface area contributed by atoms with Crippen LogP contribution in [0.15, 0.2) is 24.3 Å². The fourth-order valence-corrected chi connectivity index (χ4v) is 3.05. The smallest absolute Gasteiger partial charge is 0.319 e. The molecule has 1 aromatic carbocycles. The third kappa shape index (κ3) is 3.80. The topological polar surface area (TPSA) is 70.5 Å². The van der Waals surface area contributed by atoms with Gasteiger partial charge in [0.05, 0.1) is 41.6 Å². The van der Waals surface area contributed by atoms with Gasteiger partial charge in [0.25, 0.3) is 5.91 Å². The van der Waals surface area contributed by atoms with Crippen molar-refractivity contribution < 1.29 is 14.0 Å². The van der Waals surface area contributed by atoms with Gasteiger partial charge in [-0.05, 0) is 24.3 Å². The number of carbonyl (C=O) groups is 2. The number of hydrogen-bond acceptors (Lipinski definition) is 3. The highest BCUT2D eigenvalue weighted by atomic mass is 35.5. The molecule has 0 fully saturated rings. The molecule has 0 radical (unpaired) electrons. The number of aromatic nitrogens is 2. The van der Waals surface area contributed by atoms with Crippen molar-refractivity contribution in [3.8, 4) is 0 Å². The highest BCUT2D eigenvalue weighted by molar-refractivity contribution is 6.33. The summed E-state index contributed by atoms with van der Waals surface area (Å²) >= 11 is 5.90. The Bertz CT molecular complexity index is 852. The lowest BCUT2D eigenvalue weighted by molar-refractivity contribution is 0.0950. The SMILES string of the molecule is CN(C)C(=O)N1CCn2nc(CNC(=O)c3ccc(F)cc3Cl)cc2C1. The molecule has 0 saturated heterocycles. The summed E-state index contributed by atoms with van der Waals surface area (Å²) in [6.45, 7) is 1.88. The minimum absolute atomic E-state index is 0.0433. The van der Waals surface area contributed by atoms with Crippen LogP contribution >= 0.6 is 11.6 Å². The second kappa shape index (κ2) is 7.33. The zero-order chi connectivity index (χ0) is 18.8. The molecule has 2 heterocycles. The predicted molar refractivity (Wildman–Crippen MR) is 94.3 cm³/mol. The number of nitrogens with one attached hydrogen (secondary N) is 1. The fraction of sp³-hybridized carbons (Fsp3) is 0.353. The summed E-state index contributed by atoms with van der Waals surface area (Å²) in [7, 11) is 3.44. The van der Waals surface area contributed by atoms with Gasteiger partial charge in [0.1, 0.15) is 5.82 Å². The molecule has 0 aliphatic carbocycles. The molecule has 1 N–H and O–H groups in total. The van der Waals surface area contributed by atoms with E-state index < -0.39 is 11.7 Å². The van der Waals surface area contributed by atoms with Gasteiger partial charge in [-0.15, -0.1) is 0 Å². The van der Waals surface area contributed by atoms with Crippen molar-refractivity contribution in [3.05, 3.63) is 52.1 Å². The molecule has 0 unspecified atom stereocenters. The third-order valence-electron chi connectivity index (χ3n) is 4.11. The van der Waals surface area contributed by atoms with Crippen LogP contribution in [0, 0.1) is 5.82 Å². The van der Waals surface area contributed by atoms with E-state index in [0.717, 1.165) is 11.8 Å². The van der Waals surface area contributed by atoms with E-state index in [1.54, 1.807) is 23.9 Å². The molecule has 1 aromatic heterocycles. The van der Waals surface area contributed by atoms with Crippen LogP contribution in [0.3, 0.4) is 0 Å². The Hall–Kier alpha value is -2.61. The summed E-state index contributed by atoms with van der Waals surface area (Å²) in [4.78, 5) is 27.6. The maximum absolute atomic E-state index is 13.1. The first-order valence-corrected chi connectivity index (χ1v) is 8.48. The van der Waals surface area contributed by atoms with Crippen LogP contribution in [0.1, 0.15) is 21.7 Å². The molecule has 9 heteroatoms. The van der Waals surface area contributed by atoms with Crippen LogP contribution in [0.25, 0.3) is 0 Å². The van der Waals surface area contributed by atoms with Gasteiger partial charge in [0.2, 0.25) is 0 Å². The molecule has 3 amide bonds. The molecule has 3 rings (SSSR count). The lowest BCUT2D eigenvalue weighted by Crippen LogP contribution is -2.43. The number of benzene rings is 1. The average Bonchev–Trinajstić information content (AvgIpc) is 3.00. The Kier molecular flexibility index (Phi) is 5.13. The van der Waals surface area contributed by atoms with Gasteiger partial charge in [-0.2, -0.15) is 5.10 Å². The van der Waals surface area contributed by atoms with Crippen molar-refractivity contribution in [1.82, 2.24) is 24.9 Å². The average molecular weight is 380 g/mol. The first-order chi connectivity index (χ1) is 12.3. The van der Waals surface area contributed by atoms with E-state index >= 15 is 0 Å². The molecule has 1 aliphatic heterocycles. The van der Waals surface area contributed by atoms with E-state index in [-0.39, 0.29) is 23.2 Å². The number of rotatable bonds is 3. The summed E-state index contributed by atoms with van der Waals surface area (Å²) in [6.07, 6.45) is 0. The van der Waals surface area contributed by atoms with Crippen LogP contribution in [0.4, 0.5) is 9.18 Å². The molecular weight excluding hydrogens is 361 g/mol. The molecule has 1 aliphatic rings. The number of amides is 3. The molecule has 138 valence electrons. The number of halogens is 2. The Balaban J connectivity index is 1.64. The van der Waals surface area contributed by atoms with Crippen molar-refractivity contribution in [2.24, 2.45) is 0 Å². The van der Waals surface area contributed by atoms with Gasteiger partial charge in [0.15, 0.2) is 0 Å². The summed E-state index contributed by atoms with van der Waals surface area (Å²) in [6, 6.07) is 5.45. The molecule has 0 atom stereocenters. The number of fused-ring (bicyclic) bond motifs is 1. The molecule has 2 aromatic rings. The number of carbonyl (C=O) groups excluding carboxylic acids is 2. The number of urea groups is 1. The minimum Gasteiger partial charge on any atom is -0.346 e. The third-order valence-corrected chi connectivity index (χ3v) is 4.42. The first-order valence-electron chi connectivity index (χ1n) is 8.10. The Morgan fingerprint density at radius 2 is 2.08 bits per heavy atom. The Morgan fingerprint density at radius 1 is 1.31 bits per heavy atom. The highest BCUT2D eigenvalue weighted by Crippen LogP contribution is 2.18. The van der Waals surface area contributed by atoms with Crippen LogP contribution < -0.4 is 5.32 Å². The Labute approximate surface area is 155 Å². The fourth-order valence-electron chi connectivity index (χ4n) is 2.80. The van der Waals surface area contributed by atoms with Crippen molar-refractivity contribution in [1.29, 1.82) is 0 Å². The molecule has 0 spiro atoms. The molecule has 26 heavy (non-hydrogen) atoms. The molecule has 0 saturated carbocycles. The van der Waals surface area contributed by atoms with E-state index in [1.807, 2.05) is 10.7 Å². The van der Waals surface area contributed by atoms with Crippen LogP contribution in [-0.4, -0.2) is 52.2 Å². The lowest BCUT2D eigenvalue weighted by Gasteiger charge is -2.29. The van der Waals surface area contributed by atoms with Crippen LogP contribution in [0.5, 0.6) is 0 Å². The van der Waals surface area contributed by atoms with E-state index in [1.165, 1.54) is 12.1 Å². The zero-order valence-electron chi connectivity index (χ0n) is 14.5. The second-order valence-electron chi connectivity index (χ2n) is 6.26. The second-order valence-corrected chi connectivity index (χ2v) is 6.66. The van der Waals surface area contributed by atoms with Crippen molar-refractivity contribution in [2.75, 3.05) is 20.6 Å². The van der Waals surface area contributed by atoms with Crippen molar-refractivity contribution >= 4 is 23.5 Å². The first kappa shape index (κ1) is 18.2. The Morgan fingerprint density at radius 3 is 2.77 bits per heavy atom. The standard InChI is InChI=1S/C17H19ClFN5O2/c1-22(2)17(26)23-5-6-24-13(10-23)8-12(21-24)9-20-16(25)14-4-3-11(19)7-15(14)18/h3-4,7-8H,5-6,9-10H2,1-2H3,(H,20,25). The maximum atomic E-state index is 13.1. The largest absolute Gasteiger partial charge is 0.346 e. The summed E-state index contributed by atoms with van der Waals surface area (Å²) in [5.41, 5.74) is 1.81. The normalized spacial score (nSPS) is 13.3. The van der Waals surface area contributed by atoms with Gasteiger partial charge in [-0.1, -0.05) is 11.6 Å². The highest BCUT2D eigenvalue weighted by Gasteiger charge is 2.23. The monoisotopic (exact) mass is 379 g/mol. The summed E-state index contributed by atoms with van der Waals surface area (Å²) < 4.78 is 14.9. The summed E-state index contributed by atoms with van der Waals surface area (Å²) in [5.74, 6) is -0.893. The van der Waals surface area contributed by atoms with Crippen LogP contribution in [0.2, 0.25) is 5.02 Å². The van der Waals surface area contributed by atoms with E-state index in [2.05, 4.69) is 10.4 Å². The van der Waals surface area contributed by atoms with Gasteiger partial charge < -0.3 is 15.1 Å². The van der Waals surface area contributed by atoms with Crippen LogP contribution in [-0.2, 0) is 19.6 Å². The molecular formula is C17H19ClFN5O2. The van der Waals surface area contributed by atoms with Gasteiger partial charge >= 0.3 is 6.03 Å². The quantitative estimate of drug-likeness (QED) is 0.887. The van der Waals surface area contributed by atoms with Gasteiger partial charge in [-0.25, -0.2) is 9.18 Å². The maximum Gasteiger partial charge on any atom is 0.319 e. The van der Waals surface area contributed by atoms with Crippen molar-refractivity contribution in [2.45, 2.75) is 19.6 Å². The number of nitrogens with zero attached hydrogens (tertiary/aromatic N) is 4. The number of hydrogen-bond donors (Lipinski definition) is 1.